The maximum absolute atomic E-state index is 13.7. The second kappa shape index (κ2) is 8.66. The van der Waals surface area contributed by atoms with Crippen LogP contribution in [0.2, 0.25) is 0 Å². The molecule has 1 saturated carbocycles. The molecule has 5 heterocycles. The molecule has 1 aliphatic carbocycles. The van der Waals surface area contributed by atoms with Crippen molar-refractivity contribution < 1.29 is 22.7 Å². The van der Waals surface area contributed by atoms with Gasteiger partial charge in [0.15, 0.2) is 5.82 Å². The van der Waals surface area contributed by atoms with Crippen molar-refractivity contribution in [2.24, 2.45) is 5.92 Å². The number of amides is 1. The lowest BCUT2D eigenvalue weighted by molar-refractivity contribution is -0.137. The molecule has 1 amide bonds. The molecule has 6 rings (SSSR count). The molecule has 0 aromatic carbocycles. The van der Waals surface area contributed by atoms with Crippen LogP contribution < -0.4 is 4.74 Å². The van der Waals surface area contributed by atoms with Gasteiger partial charge < -0.3 is 9.64 Å². The van der Waals surface area contributed by atoms with Crippen LogP contribution in [0.5, 0.6) is 5.88 Å². The van der Waals surface area contributed by atoms with Gasteiger partial charge in [0.05, 0.1) is 17.2 Å². The summed E-state index contributed by atoms with van der Waals surface area (Å²) in [4.78, 5) is 32.2. The van der Waals surface area contributed by atoms with E-state index in [2.05, 4.69) is 19.9 Å². The van der Waals surface area contributed by atoms with Crippen molar-refractivity contribution in [2.45, 2.75) is 44.5 Å². The van der Waals surface area contributed by atoms with Crippen LogP contribution in [0.25, 0.3) is 11.4 Å². The smallest absolute Gasteiger partial charge is 0.417 e. The van der Waals surface area contributed by atoms with Gasteiger partial charge in [-0.3, -0.25) is 9.78 Å². The maximum Gasteiger partial charge on any atom is 0.417 e. The Morgan fingerprint density at radius 3 is 2.56 bits per heavy atom. The number of hydrogen-bond donors (Lipinski definition) is 0. The highest BCUT2D eigenvalue weighted by molar-refractivity contribution is 6.00. The topological polar surface area (TPSA) is 81.1 Å². The monoisotopic (exact) mass is 469 g/mol. The van der Waals surface area contributed by atoms with Crippen LogP contribution in [-0.4, -0.2) is 49.4 Å². The van der Waals surface area contributed by atoms with Crippen molar-refractivity contribution in [1.82, 2.24) is 24.8 Å². The van der Waals surface area contributed by atoms with Gasteiger partial charge in [0, 0.05) is 48.7 Å². The van der Waals surface area contributed by atoms with Crippen LogP contribution in [0, 0.1) is 12.8 Å². The molecule has 3 aromatic rings. The van der Waals surface area contributed by atoms with E-state index in [1.807, 2.05) is 6.92 Å². The molecule has 2 aliphatic heterocycles. The predicted octanol–water partition coefficient (Wildman–Crippen LogP) is 4.33. The average Bonchev–Trinajstić information content (AvgIpc) is 2.84. The minimum atomic E-state index is -4.46. The maximum atomic E-state index is 13.7. The summed E-state index contributed by atoms with van der Waals surface area (Å²) in [6, 6.07) is 5.47. The Labute approximate surface area is 194 Å². The number of aryl methyl sites for hydroxylation is 1. The number of carbonyl (C=O) groups is 1. The molecular formula is C24H22F3N5O2. The summed E-state index contributed by atoms with van der Waals surface area (Å²) in [5.41, 5.74) is 0.940. The summed E-state index contributed by atoms with van der Waals surface area (Å²) in [5, 5.41) is 0. The Morgan fingerprint density at radius 1 is 1.09 bits per heavy atom. The normalized spacial score (nSPS) is 22.0. The SMILES string of the molecule is Cc1cc(-c2ncccn2)c(C(=O)N2C[C@@H]3CC[C@H]2[C@H](Oc2ccc(C(F)(F)F)cn2)C3)cn1. The third kappa shape index (κ3) is 4.32. The standard InChI is InChI=1S/C24H22F3N5O2/c1-14-9-17(22-28-7-2-8-29-22)18(12-30-14)23(33)32-13-15-3-5-19(32)20(10-15)34-21-6-4-16(11-31-21)24(25,26)27/h2,4,6-9,11-12,15,19-20H,3,5,10,13H2,1H3/t15-,19+,20-/m1/s1. The van der Waals surface area contributed by atoms with Gasteiger partial charge in [-0.1, -0.05) is 0 Å². The van der Waals surface area contributed by atoms with E-state index in [9.17, 15) is 18.0 Å². The van der Waals surface area contributed by atoms with E-state index >= 15 is 0 Å². The van der Waals surface area contributed by atoms with Crippen LogP contribution in [0.1, 0.15) is 40.9 Å². The molecule has 0 N–H and O–H groups in total. The van der Waals surface area contributed by atoms with Crippen molar-refractivity contribution in [3.63, 3.8) is 0 Å². The van der Waals surface area contributed by atoms with Crippen molar-refractivity contribution in [3.8, 4) is 17.3 Å². The van der Waals surface area contributed by atoms with Crippen LogP contribution in [0.15, 0.2) is 49.1 Å². The summed E-state index contributed by atoms with van der Waals surface area (Å²) in [5.74, 6) is 0.621. The molecule has 3 aromatic heterocycles. The molecule has 3 aliphatic rings. The average molecular weight is 469 g/mol. The predicted molar refractivity (Wildman–Crippen MR) is 116 cm³/mol. The number of ether oxygens (including phenoxy) is 1. The molecule has 34 heavy (non-hydrogen) atoms. The number of rotatable bonds is 4. The van der Waals surface area contributed by atoms with E-state index in [0.717, 1.165) is 37.2 Å². The van der Waals surface area contributed by atoms with Crippen molar-refractivity contribution in [2.75, 3.05) is 6.54 Å². The van der Waals surface area contributed by atoms with E-state index in [1.54, 1.807) is 35.6 Å². The zero-order valence-electron chi connectivity index (χ0n) is 18.4. The molecule has 0 spiro atoms. The minimum absolute atomic E-state index is 0.119. The first kappa shape index (κ1) is 22.2. The van der Waals surface area contributed by atoms with E-state index in [-0.39, 0.29) is 29.9 Å². The van der Waals surface area contributed by atoms with Gasteiger partial charge >= 0.3 is 6.18 Å². The Hall–Kier alpha value is -3.56. The number of halogens is 3. The second-order valence-corrected chi connectivity index (χ2v) is 8.69. The number of hydrogen-bond acceptors (Lipinski definition) is 6. The van der Waals surface area contributed by atoms with Crippen LogP contribution in [0.3, 0.4) is 0 Å². The number of alkyl halides is 3. The zero-order chi connectivity index (χ0) is 23.9. The minimum Gasteiger partial charge on any atom is -0.472 e. The molecule has 3 atom stereocenters. The number of aromatic nitrogens is 4. The molecule has 0 radical (unpaired) electrons. The number of pyridine rings is 2. The Kier molecular flexibility index (Phi) is 5.66. The molecule has 10 heteroatoms. The van der Waals surface area contributed by atoms with E-state index < -0.39 is 11.7 Å². The van der Waals surface area contributed by atoms with Gasteiger partial charge in [-0.05, 0) is 50.3 Å². The summed E-state index contributed by atoms with van der Waals surface area (Å²) in [6.07, 6.45) is 3.19. The highest BCUT2D eigenvalue weighted by atomic mass is 19.4. The summed E-state index contributed by atoms with van der Waals surface area (Å²) in [7, 11) is 0. The number of fused-ring (bicyclic) bond motifs is 3. The Balaban J connectivity index is 1.40. The molecule has 2 saturated heterocycles. The van der Waals surface area contributed by atoms with Crippen LogP contribution >= 0.6 is 0 Å². The second-order valence-electron chi connectivity index (χ2n) is 8.69. The fourth-order valence-corrected chi connectivity index (χ4v) is 4.77. The summed E-state index contributed by atoms with van der Waals surface area (Å²) >= 11 is 0. The molecule has 7 nitrogen and oxygen atoms in total. The summed E-state index contributed by atoms with van der Waals surface area (Å²) in [6.45, 7) is 2.43. The van der Waals surface area contributed by atoms with Gasteiger partial charge in [-0.25, -0.2) is 15.0 Å². The molecule has 176 valence electrons. The first-order valence-corrected chi connectivity index (χ1v) is 11.0. The number of carbonyl (C=O) groups excluding carboxylic acids is 1. The Morgan fingerprint density at radius 2 is 1.88 bits per heavy atom. The first-order chi connectivity index (χ1) is 16.3. The Bertz CT molecular complexity index is 1190. The van der Waals surface area contributed by atoms with E-state index in [1.165, 1.54) is 6.07 Å². The van der Waals surface area contributed by atoms with E-state index in [4.69, 9.17) is 4.74 Å². The molecule has 3 fully saturated rings. The van der Waals surface area contributed by atoms with E-state index in [0.29, 0.717) is 23.5 Å². The largest absolute Gasteiger partial charge is 0.472 e. The summed E-state index contributed by atoms with van der Waals surface area (Å²) < 4.78 is 44.5. The molecule has 0 unspecified atom stereocenters. The fourth-order valence-electron chi connectivity index (χ4n) is 4.77. The number of piperidine rings is 2. The number of nitrogens with zero attached hydrogens (tertiary/aromatic N) is 5. The third-order valence-corrected chi connectivity index (χ3v) is 6.40. The van der Waals surface area contributed by atoms with Gasteiger partial charge in [0.2, 0.25) is 5.88 Å². The quantitative estimate of drug-likeness (QED) is 0.566. The zero-order valence-corrected chi connectivity index (χ0v) is 18.4. The fraction of sp³-hybridized carbons (Fsp3) is 0.375. The lowest BCUT2D eigenvalue weighted by Gasteiger charge is -2.49. The van der Waals surface area contributed by atoms with Crippen LogP contribution in [-0.2, 0) is 6.18 Å². The first-order valence-electron chi connectivity index (χ1n) is 11.0. The van der Waals surface area contributed by atoms with Crippen molar-refractivity contribution >= 4 is 5.91 Å². The van der Waals surface area contributed by atoms with Gasteiger partial charge in [-0.15, -0.1) is 0 Å². The van der Waals surface area contributed by atoms with Gasteiger partial charge in [0.25, 0.3) is 5.91 Å². The van der Waals surface area contributed by atoms with Crippen LogP contribution in [0.4, 0.5) is 13.2 Å². The van der Waals surface area contributed by atoms with Crippen molar-refractivity contribution in [1.29, 1.82) is 0 Å². The molecular weight excluding hydrogens is 447 g/mol. The highest BCUT2D eigenvalue weighted by Gasteiger charge is 2.45. The third-order valence-electron chi connectivity index (χ3n) is 6.40. The molecule has 2 bridgehead atoms. The lowest BCUT2D eigenvalue weighted by Crippen LogP contribution is -2.59. The van der Waals surface area contributed by atoms with Crippen molar-refractivity contribution in [3.05, 3.63) is 65.9 Å². The highest BCUT2D eigenvalue weighted by Crippen LogP contribution is 2.39. The lowest BCUT2D eigenvalue weighted by atomic mass is 9.77. The van der Waals surface area contributed by atoms with Gasteiger partial charge in [-0.2, -0.15) is 13.2 Å². The van der Waals surface area contributed by atoms with Gasteiger partial charge in [0.1, 0.15) is 6.10 Å².